The zero-order valence-corrected chi connectivity index (χ0v) is 14.8. The van der Waals surface area contributed by atoms with E-state index in [4.69, 9.17) is 21.3 Å². The number of halogens is 1. The summed E-state index contributed by atoms with van der Waals surface area (Å²) in [4.78, 5) is 19.1. The molecule has 4 rings (SSSR count). The first-order valence-corrected chi connectivity index (χ1v) is 8.51. The van der Waals surface area contributed by atoms with Crippen LogP contribution in [-0.4, -0.2) is 29.1 Å². The number of aryl methyl sites for hydroxylation is 1. The van der Waals surface area contributed by atoms with Crippen LogP contribution in [0, 0.1) is 0 Å². The van der Waals surface area contributed by atoms with Crippen molar-refractivity contribution >= 4 is 34.2 Å². The third kappa shape index (κ3) is 2.65. The van der Waals surface area contributed by atoms with Crippen LogP contribution in [-0.2, 0) is 11.8 Å². The zero-order chi connectivity index (χ0) is 17.6. The first-order valence-electron chi connectivity index (χ1n) is 8.13. The molecule has 2 aromatic carbocycles. The van der Waals surface area contributed by atoms with Gasteiger partial charge in [0.1, 0.15) is 11.6 Å². The number of ether oxygens (including phenoxy) is 1. The Balaban J connectivity index is 1.69. The van der Waals surface area contributed by atoms with Crippen LogP contribution in [0.5, 0.6) is 5.75 Å². The number of carbonyl (C=O) groups is 1. The number of aromatic nitrogens is 2. The number of amides is 1. The second-order valence-electron chi connectivity index (χ2n) is 6.24. The van der Waals surface area contributed by atoms with Crippen molar-refractivity contribution in [1.29, 1.82) is 0 Å². The number of anilines is 1. The lowest BCUT2D eigenvalue weighted by Crippen LogP contribution is -2.24. The molecule has 1 saturated heterocycles. The first-order chi connectivity index (χ1) is 12.1. The number of hydrogen-bond donors (Lipinski definition) is 0. The van der Waals surface area contributed by atoms with Crippen LogP contribution in [0.15, 0.2) is 42.5 Å². The maximum absolute atomic E-state index is 12.6. The Bertz CT molecular complexity index is 966. The van der Waals surface area contributed by atoms with Gasteiger partial charge in [-0.15, -0.1) is 0 Å². The van der Waals surface area contributed by atoms with Crippen LogP contribution in [0.2, 0.25) is 5.02 Å². The molecular formula is C19H18ClN3O2. The maximum Gasteiger partial charge on any atom is 0.227 e. The summed E-state index contributed by atoms with van der Waals surface area (Å²) in [5, 5.41) is 0.541. The van der Waals surface area contributed by atoms with E-state index < -0.39 is 0 Å². The zero-order valence-electron chi connectivity index (χ0n) is 14.1. The van der Waals surface area contributed by atoms with Gasteiger partial charge in [0, 0.05) is 32.0 Å². The fourth-order valence-electron chi connectivity index (χ4n) is 3.47. The molecule has 0 radical (unpaired) electrons. The molecule has 1 amide bonds. The highest BCUT2D eigenvalue weighted by atomic mass is 35.5. The highest BCUT2D eigenvalue weighted by Gasteiger charge is 2.35. The number of fused-ring (bicyclic) bond motifs is 1. The average Bonchev–Trinajstić information content (AvgIpc) is 3.16. The number of hydrogen-bond acceptors (Lipinski definition) is 3. The van der Waals surface area contributed by atoms with Gasteiger partial charge in [0.15, 0.2) is 0 Å². The number of benzene rings is 2. The first kappa shape index (κ1) is 16.0. The topological polar surface area (TPSA) is 47.4 Å². The second-order valence-corrected chi connectivity index (χ2v) is 6.65. The van der Waals surface area contributed by atoms with Crippen LogP contribution in [0.3, 0.4) is 0 Å². The molecule has 0 spiro atoms. The predicted octanol–water partition coefficient (Wildman–Crippen LogP) is 3.76. The van der Waals surface area contributed by atoms with Crippen LogP contribution in [0.4, 0.5) is 5.69 Å². The van der Waals surface area contributed by atoms with E-state index in [1.807, 2.05) is 31.3 Å². The van der Waals surface area contributed by atoms with Crippen molar-refractivity contribution < 1.29 is 9.53 Å². The van der Waals surface area contributed by atoms with Gasteiger partial charge in [-0.3, -0.25) is 4.79 Å². The number of carbonyl (C=O) groups excluding carboxylic acids is 1. The van der Waals surface area contributed by atoms with E-state index in [1.54, 1.807) is 30.2 Å². The van der Waals surface area contributed by atoms with E-state index in [0.29, 0.717) is 29.4 Å². The van der Waals surface area contributed by atoms with Crippen molar-refractivity contribution in [3.8, 4) is 5.75 Å². The van der Waals surface area contributed by atoms with Crippen LogP contribution < -0.4 is 9.64 Å². The minimum absolute atomic E-state index is 0.0344. The summed E-state index contributed by atoms with van der Waals surface area (Å²) in [6, 6.07) is 13.3. The van der Waals surface area contributed by atoms with Crippen LogP contribution >= 0.6 is 11.6 Å². The van der Waals surface area contributed by atoms with Crippen LogP contribution in [0.25, 0.3) is 11.0 Å². The third-order valence-corrected chi connectivity index (χ3v) is 5.08. The standard InChI is InChI=1S/C19H18ClN3O2/c1-22-16-6-4-3-5-15(16)21-19(22)12-9-18(24)23(11-12)17-10-13(25-2)7-8-14(17)20/h3-8,10,12H,9,11H2,1-2H3/t12-/m1/s1. The maximum atomic E-state index is 12.6. The Morgan fingerprint density at radius 1 is 1.24 bits per heavy atom. The molecule has 1 atom stereocenters. The molecule has 1 aromatic heterocycles. The average molecular weight is 356 g/mol. The van der Waals surface area contributed by atoms with Crippen molar-refractivity contribution in [1.82, 2.24) is 9.55 Å². The Kier molecular flexibility index (Phi) is 3.88. The molecule has 128 valence electrons. The van der Waals surface area contributed by atoms with Crippen molar-refractivity contribution in [2.45, 2.75) is 12.3 Å². The van der Waals surface area contributed by atoms with E-state index in [2.05, 4.69) is 4.57 Å². The number of para-hydroxylation sites is 2. The minimum Gasteiger partial charge on any atom is -0.497 e. The molecule has 3 aromatic rings. The molecule has 5 nitrogen and oxygen atoms in total. The smallest absolute Gasteiger partial charge is 0.227 e. The highest BCUT2D eigenvalue weighted by molar-refractivity contribution is 6.34. The molecule has 1 fully saturated rings. The van der Waals surface area contributed by atoms with Gasteiger partial charge >= 0.3 is 0 Å². The Morgan fingerprint density at radius 3 is 2.80 bits per heavy atom. The molecule has 0 unspecified atom stereocenters. The lowest BCUT2D eigenvalue weighted by molar-refractivity contribution is -0.117. The molecule has 6 heteroatoms. The molecule has 0 saturated carbocycles. The molecule has 0 N–H and O–H groups in total. The summed E-state index contributed by atoms with van der Waals surface area (Å²) >= 11 is 6.32. The summed E-state index contributed by atoms with van der Waals surface area (Å²) in [7, 11) is 3.59. The van der Waals surface area contributed by atoms with E-state index in [9.17, 15) is 4.79 Å². The van der Waals surface area contributed by atoms with E-state index in [1.165, 1.54) is 0 Å². The van der Waals surface area contributed by atoms with Crippen LogP contribution in [0.1, 0.15) is 18.2 Å². The monoisotopic (exact) mass is 355 g/mol. The Labute approximate surface area is 150 Å². The van der Waals surface area contributed by atoms with E-state index in [0.717, 1.165) is 16.9 Å². The molecule has 25 heavy (non-hydrogen) atoms. The summed E-state index contributed by atoms with van der Waals surface area (Å²) in [5.74, 6) is 1.69. The van der Waals surface area contributed by atoms with E-state index in [-0.39, 0.29) is 11.8 Å². The summed E-state index contributed by atoms with van der Waals surface area (Å²) in [6.07, 6.45) is 0.421. The van der Waals surface area contributed by atoms with Gasteiger partial charge in [0.2, 0.25) is 5.91 Å². The number of rotatable bonds is 3. The van der Waals surface area contributed by atoms with Crippen molar-refractivity contribution in [3.63, 3.8) is 0 Å². The van der Waals surface area contributed by atoms with Gasteiger partial charge in [-0.2, -0.15) is 0 Å². The molecule has 0 bridgehead atoms. The molecule has 0 aliphatic carbocycles. The quantitative estimate of drug-likeness (QED) is 0.718. The predicted molar refractivity (Wildman–Crippen MR) is 98.4 cm³/mol. The summed E-state index contributed by atoms with van der Waals surface area (Å²) < 4.78 is 7.34. The largest absolute Gasteiger partial charge is 0.497 e. The Hall–Kier alpha value is -2.53. The van der Waals surface area contributed by atoms with Crippen molar-refractivity contribution in [2.24, 2.45) is 7.05 Å². The number of imidazole rings is 1. The van der Waals surface area contributed by atoms with Crippen molar-refractivity contribution in [3.05, 3.63) is 53.3 Å². The third-order valence-electron chi connectivity index (χ3n) is 4.76. The number of nitrogens with zero attached hydrogens (tertiary/aromatic N) is 3. The molecule has 1 aliphatic rings. The summed E-state index contributed by atoms with van der Waals surface area (Å²) in [6.45, 7) is 0.558. The second kappa shape index (κ2) is 6.08. The summed E-state index contributed by atoms with van der Waals surface area (Å²) in [5.41, 5.74) is 2.71. The van der Waals surface area contributed by atoms with Gasteiger partial charge in [-0.05, 0) is 24.3 Å². The lowest BCUT2D eigenvalue weighted by Gasteiger charge is -2.19. The van der Waals surface area contributed by atoms with E-state index >= 15 is 0 Å². The highest BCUT2D eigenvalue weighted by Crippen LogP contribution is 2.37. The lowest BCUT2D eigenvalue weighted by atomic mass is 10.1. The fraction of sp³-hybridized carbons (Fsp3) is 0.263. The SMILES string of the molecule is COc1ccc(Cl)c(N2C[C@H](c3nc4ccccc4n3C)CC2=O)c1. The van der Waals surface area contributed by atoms with Gasteiger partial charge in [0.25, 0.3) is 0 Å². The van der Waals surface area contributed by atoms with Gasteiger partial charge in [-0.1, -0.05) is 23.7 Å². The number of methoxy groups -OCH3 is 1. The minimum atomic E-state index is 0.0344. The Morgan fingerprint density at radius 2 is 2.04 bits per heavy atom. The molecular weight excluding hydrogens is 338 g/mol. The van der Waals surface area contributed by atoms with Gasteiger partial charge in [-0.25, -0.2) is 4.98 Å². The fourth-order valence-corrected chi connectivity index (χ4v) is 3.69. The van der Waals surface area contributed by atoms with Gasteiger partial charge in [0.05, 0.1) is 28.9 Å². The normalized spacial score (nSPS) is 17.5. The van der Waals surface area contributed by atoms with Gasteiger partial charge < -0.3 is 14.2 Å². The molecule has 1 aliphatic heterocycles. The van der Waals surface area contributed by atoms with Crippen molar-refractivity contribution in [2.75, 3.05) is 18.6 Å². The molecule has 2 heterocycles.